The summed E-state index contributed by atoms with van der Waals surface area (Å²) in [6, 6.07) is 0. The van der Waals surface area contributed by atoms with E-state index in [2.05, 4.69) is 4.74 Å². The van der Waals surface area contributed by atoms with E-state index in [1.54, 1.807) is 4.90 Å². The molecule has 0 radical (unpaired) electrons. The molecule has 0 N–H and O–H groups in total. The molecule has 6 heteroatoms. The molecule has 0 aromatic rings. The Bertz CT molecular complexity index is 302. The highest BCUT2D eigenvalue weighted by molar-refractivity contribution is 5.68. The number of methoxy groups -OCH3 is 1. The number of carbonyl (C=O) groups is 2. The van der Waals surface area contributed by atoms with Crippen molar-refractivity contribution >= 4 is 12.2 Å². The predicted octanol–water partition coefficient (Wildman–Crippen LogP) is 2.17. The summed E-state index contributed by atoms with van der Waals surface area (Å²) in [5.74, 6) is 0. The molecule has 1 fully saturated rings. The molecule has 0 aromatic heterocycles. The van der Waals surface area contributed by atoms with Crippen molar-refractivity contribution < 1.29 is 23.8 Å². The fourth-order valence-corrected chi connectivity index (χ4v) is 1.67. The average molecular weight is 259 g/mol. The Balaban J connectivity index is 2.35. The zero-order valence-corrected chi connectivity index (χ0v) is 11.4. The van der Waals surface area contributed by atoms with Gasteiger partial charge in [-0.1, -0.05) is 0 Å². The fourth-order valence-electron chi connectivity index (χ4n) is 1.67. The molecule has 0 atom stereocenters. The maximum absolute atomic E-state index is 11.8. The van der Waals surface area contributed by atoms with Crippen LogP contribution in [0.4, 0.5) is 9.59 Å². The Hall–Kier alpha value is -1.46. The minimum atomic E-state index is -0.675. The van der Waals surface area contributed by atoms with Gasteiger partial charge in [0, 0.05) is 25.9 Å². The number of amides is 1. The summed E-state index contributed by atoms with van der Waals surface area (Å²) >= 11 is 0. The maximum Gasteiger partial charge on any atom is 0.508 e. The van der Waals surface area contributed by atoms with Gasteiger partial charge in [0.2, 0.25) is 0 Å². The van der Waals surface area contributed by atoms with E-state index in [-0.39, 0.29) is 12.2 Å². The average Bonchev–Trinajstić information content (AvgIpc) is 2.27. The van der Waals surface area contributed by atoms with Crippen molar-refractivity contribution in [3.05, 3.63) is 0 Å². The Labute approximate surface area is 107 Å². The van der Waals surface area contributed by atoms with E-state index >= 15 is 0 Å². The smallest absolute Gasteiger partial charge is 0.444 e. The van der Waals surface area contributed by atoms with E-state index < -0.39 is 11.8 Å². The van der Waals surface area contributed by atoms with Crippen LogP contribution in [0, 0.1) is 0 Å². The lowest BCUT2D eigenvalue weighted by molar-refractivity contribution is -0.00636. The number of likely N-dealkylation sites (tertiary alicyclic amines) is 1. The van der Waals surface area contributed by atoms with Gasteiger partial charge in [-0.2, -0.15) is 0 Å². The van der Waals surface area contributed by atoms with Gasteiger partial charge >= 0.3 is 12.2 Å². The second-order valence-corrected chi connectivity index (χ2v) is 5.24. The molecule has 1 aliphatic rings. The van der Waals surface area contributed by atoms with Crippen LogP contribution in [0.1, 0.15) is 33.6 Å². The molecule has 6 nitrogen and oxygen atoms in total. The van der Waals surface area contributed by atoms with Crippen molar-refractivity contribution in [2.75, 3.05) is 20.2 Å². The van der Waals surface area contributed by atoms with Crippen molar-refractivity contribution in [1.82, 2.24) is 4.90 Å². The summed E-state index contributed by atoms with van der Waals surface area (Å²) in [5.41, 5.74) is -0.490. The molecule has 0 unspecified atom stereocenters. The third kappa shape index (κ3) is 4.81. The molecule has 0 bridgehead atoms. The summed E-state index contributed by atoms with van der Waals surface area (Å²) < 4.78 is 14.7. The first-order valence-corrected chi connectivity index (χ1v) is 6.04. The van der Waals surface area contributed by atoms with Gasteiger partial charge in [-0.15, -0.1) is 0 Å². The lowest BCUT2D eigenvalue weighted by Gasteiger charge is -2.32. The van der Waals surface area contributed by atoms with Crippen molar-refractivity contribution in [2.45, 2.75) is 45.3 Å². The molecule has 0 spiro atoms. The third-order valence-corrected chi connectivity index (χ3v) is 2.52. The van der Waals surface area contributed by atoms with Crippen LogP contribution in [-0.4, -0.2) is 49.1 Å². The number of piperidine rings is 1. The van der Waals surface area contributed by atoms with E-state index in [1.165, 1.54) is 7.11 Å². The topological polar surface area (TPSA) is 65.1 Å². The first kappa shape index (κ1) is 14.6. The van der Waals surface area contributed by atoms with Crippen LogP contribution < -0.4 is 0 Å². The van der Waals surface area contributed by atoms with E-state index in [0.717, 1.165) is 0 Å². The normalized spacial score (nSPS) is 17.2. The van der Waals surface area contributed by atoms with E-state index in [9.17, 15) is 9.59 Å². The quantitative estimate of drug-likeness (QED) is 0.675. The summed E-state index contributed by atoms with van der Waals surface area (Å²) in [7, 11) is 1.28. The fraction of sp³-hybridized carbons (Fsp3) is 0.833. The highest BCUT2D eigenvalue weighted by Gasteiger charge is 2.28. The lowest BCUT2D eigenvalue weighted by Crippen LogP contribution is -2.43. The Kier molecular flexibility index (Phi) is 4.81. The van der Waals surface area contributed by atoms with Crippen molar-refractivity contribution in [2.24, 2.45) is 0 Å². The SMILES string of the molecule is COC(=O)OC1CCN(C(=O)OC(C)(C)C)CC1. The standard InChI is InChI=1S/C12H21NO5/c1-12(2,3)18-10(14)13-7-5-9(6-8-13)17-11(15)16-4/h9H,5-8H2,1-4H3. The Morgan fingerprint density at radius 3 is 2.17 bits per heavy atom. The van der Waals surface area contributed by atoms with Gasteiger partial charge in [0.25, 0.3) is 0 Å². The number of hydrogen-bond donors (Lipinski definition) is 0. The van der Waals surface area contributed by atoms with Crippen LogP contribution in [0.25, 0.3) is 0 Å². The van der Waals surface area contributed by atoms with Crippen LogP contribution in [0.5, 0.6) is 0 Å². The molecule has 0 aromatic carbocycles. The van der Waals surface area contributed by atoms with Gasteiger partial charge < -0.3 is 19.1 Å². The molecule has 1 saturated heterocycles. The van der Waals surface area contributed by atoms with Crippen molar-refractivity contribution in [3.8, 4) is 0 Å². The Morgan fingerprint density at radius 1 is 1.17 bits per heavy atom. The van der Waals surface area contributed by atoms with Gasteiger partial charge in [-0.3, -0.25) is 0 Å². The molecule has 18 heavy (non-hydrogen) atoms. The van der Waals surface area contributed by atoms with Crippen molar-refractivity contribution in [1.29, 1.82) is 0 Å². The molecule has 0 aliphatic carbocycles. The molecular weight excluding hydrogens is 238 g/mol. The predicted molar refractivity (Wildman–Crippen MR) is 64.3 cm³/mol. The van der Waals surface area contributed by atoms with E-state index in [1.807, 2.05) is 20.8 Å². The molecular formula is C12H21NO5. The molecule has 1 amide bonds. The van der Waals surface area contributed by atoms with Crippen molar-refractivity contribution in [3.63, 3.8) is 0 Å². The number of rotatable bonds is 1. The molecule has 1 heterocycles. The Morgan fingerprint density at radius 2 is 1.72 bits per heavy atom. The molecule has 1 rings (SSSR count). The molecule has 104 valence electrons. The van der Waals surface area contributed by atoms with Crippen LogP contribution in [0.2, 0.25) is 0 Å². The first-order chi connectivity index (χ1) is 8.31. The second kappa shape index (κ2) is 5.93. The second-order valence-electron chi connectivity index (χ2n) is 5.24. The zero-order chi connectivity index (χ0) is 13.8. The summed E-state index contributed by atoms with van der Waals surface area (Å²) in [6.45, 7) is 6.54. The number of nitrogens with zero attached hydrogens (tertiary/aromatic N) is 1. The largest absolute Gasteiger partial charge is 0.508 e. The van der Waals surface area contributed by atoms with E-state index in [0.29, 0.717) is 25.9 Å². The maximum atomic E-state index is 11.8. The molecule has 0 saturated carbocycles. The van der Waals surface area contributed by atoms with Crippen LogP contribution in [0.3, 0.4) is 0 Å². The van der Waals surface area contributed by atoms with Gasteiger partial charge in [-0.05, 0) is 20.8 Å². The monoisotopic (exact) mass is 259 g/mol. The highest BCUT2D eigenvalue weighted by Crippen LogP contribution is 2.17. The minimum Gasteiger partial charge on any atom is -0.444 e. The minimum absolute atomic E-state index is 0.184. The third-order valence-electron chi connectivity index (χ3n) is 2.52. The molecule has 1 aliphatic heterocycles. The van der Waals surface area contributed by atoms with Crippen LogP contribution in [0.15, 0.2) is 0 Å². The summed E-state index contributed by atoms with van der Waals surface area (Å²) in [4.78, 5) is 24.3. The number of carbonyl (C=O) groups excluding carboxylic acids is 2. The van der Waals surface area contributed by atoms with Gasteiger partial charge in [-0.25, -0.2) is 9.59 Å². The number of ether oxygens (including phenoxy) is 3. The van der Waals surface area contributed by atoms with Gasteiger partial charge in [0.15, 0.2) is 0 Å². The summed E-state index contributed by atoms with van der Waals surface area (Å²) in [5, 5.41) is 0. The lowest BCUT2D eigenvalue weighted by atomic mass is 10.1. The number of hydrogen-bond acceptors (Lipinski definition) is 5. The zero-order valence-electron chi connectivity index (χ0n) is 11.4. The summed E-state index contributed by atoms with van der Waals surface area (Å²) in [6.07, 6.45) is 0.0313. The van der Waals surface area contributed by atoms with Crippen LogP contribution >= 0.6 is 0 Å². The highest BCUT2D eigenvalue weighted by atomic mass is 16.7. The van der Waals surface area contributed by atoms with Gasteiger partial charge in [0.05, 0.1) is 7.11 Å². The van der Waals surface area contributed by atoms with Crippen LogP contribution in [-0.2, 0) is 14.2 Å². The van der Waals surface area contributed by atoms with E-state index in [4.69, 9.17) is 9.47 Å². The van der Waals surface area contributed by atoms with Gasteiger partial charge in [0.1, 0.15) is 11.7 Å². The first-order valence-electron chi connectivity index (χ1n) is 6.04.